The van der Waals surface area contributed by atoms with Crippen molar-refractivity contribution in [1.29, 1.82) is 0 Å². The first kappa shape index (κ1) is 28.3. The van der Waals surface area contributed by atoms with E-state index in [2.05, 4.69) is 44.2 Å². The minimum absolute atomic E-state index is 0.489. The van der Waals surface area contributed by atoms with E-state index in [-0.39, 0.29) is 0 Å². The number of carbonyl (C=O) groups is 2. The Morgan fingerprint density at radius 3 is 2.06 bits per heavy atom. The molecule has 8 nitrogen and oxygen atoms in total. The Labute approximate surface area is 199 Å². The molecule has 2 aliphatic heterocycles. The van der Waals surface area contributed by atoms with Crippen LogP contribution in [0.5, 0.6) is 0 Å². The predicted molar refractivity (Wildman–Crippen MR) is 113 cm³/mol. The number of aliphatic carboxylic acids is 2. The molecule has 4 heterocycles. The first-order valence-electron chi connectivity index (χ1n) is 10.0. The van der Waals surface area contributed by atoms with Gasteiger partial charge < -0.3 is 15.1 Å². The molecule has 0 aromatic carbocycles. The average molecular weight is 528 g/mol. The number of thiazole rings is 1. The second-order valence-corrected chi connectivity index (χ2v) is 9.03. The van der Waals surface area contributed by atoms with E-state index in [0.717, 1.165) is 25.5 Å². The smallest absolute Gasteiger partial charge is 0.475 e. The van der Waals surface area contributed by atoms with Gasteiger partial charge in [0.1, 0.15) is 5.82 Å². The summed E-state index contributed by atoms with van der Waals surface area (Å²) in [5, 5.41) is 17.6. The Kier molecular flexibility index (Phi) is 9.06. The minimum atomic E-state index is -5.08. The van der Waals surface area contributed by atoms with E-state index in [9.17, 15) is 26.3 Å². The van der Waals surface area contributed by atoms with Crippen molar-refractivity contribution in [2.75, 3.05) is 31.1 Å². The molecule has 2 saturated heterocycles. The lowest BCUT2D eigenvalue weighted by Crippen LogP contribution is -2.58. The quantitative estimate of drug-likeness (QED) is 0.580. The number of carboxylic acid groups (broad SMARTS) is 2. The van der Waals surface area contributed by atoms with Crippen molar-refractivity contribution < 1.29 is 46.1 Å². The standard InChI is InChI=1S/C16H20N4S.2C2HF3O2/c1-13-18-14(9-21-13)8-19-7-5-16(10-19)11-20(12-16)15-4-2-3-6-17-15;2*3-2(4,5)1(6)7/h2-4,6,9H,5,7-8,10-12H2,1H3;2*(H,6,7). The summed E-state index contributed by atoms with van der Waals surface area (Å²) < 4.78 is 63.5. The molecule has 0 bridgehead atoms. The zero-order chi connectivity index (χ0) is 26.4. The highest BCUT2D eigenvalue weighted by molar-refractivity contribution is 7.09. The molecule has 2 aromatic heterocycles. The third kappa shape index (κ3) is 8.65. The number of aryl methyl sites for hydroxylation is 1. The van der Waals surface area contributed by atoms with Crippen LogP contribution in [0.25, 0.3) is 0 Å². The number of hydrogen-bond donors (Lipinski definition) is 2. The zero-order valence-corrected chi connectivity index (χ0v) is 19.1. The van der Waals surface area contributed by atoms with Crippen LogP contribution in [0.3, 0.4) is 0 Å². The lowest BCUT2D eigenvalue weighted by molar-refractivity contribution is -0.193. The zero-order valence-electron chi connectivity index (χ0n) is 18.3. The molecule has 0 amide bonds. The molecule has 2 aromatic rings. The molecule has 0 aliphatic carbocycles. The second-order valence-electron chi connectivity index (χ2n) is 7.97. The highest BCUT2D eigenvalue weighted by Crippen LogP contribution is 2.41. The van der Waals surface area contributed by atoms with Crippen LogP contribution in [0, 0.1) is 12.3 Å². The van der Waals surface area contributed by atoms with Crippen LogP contribution >= 0.6 is 11.3 Å². The molecule has 2 aliphatic rings. The summed E-state index contributed by atoms with van der Waals surface area (Å²) in [6, 6.07) is 6.16. The van der Waals surface area contributed by atoms with Crippen molar-refractivity contribution >= 4 is 29.1 Å². The fourth-order valence-electron chi connectivity index (χ4n) is 3.60. The number of hydrogen-bond acceptors (Lipinski definition) is 7. The summed E-state index contributed by atoms with van der Waals surface area (Å²) in [4.78, 5) is 31.8. The Hall–Kier alpha value is -2.94. The van der Waals surface area contributed by atoms with E-state index in [4.69, 9.17) is 19.8 Å². The van der Waals surface area contributed by atoms with Gasteiger partial charge in [0.15, 0.2) is 0 Å². The van der Waals surface area contributed by atoms with E-state index in [0.29, 0.717) is 5.41 Å². The van der Waals surface area contributed by atoms with Gasteiger partial charge in [0.05, 0.1) is 10.7 Å². The summed E-state index contributed by atoms with van der Waals surface area (Å²) in [6.07, 6.45) is -6.98. The molecular formula is C20H22F6N4O4S. The number of nitrogens with zero attached hydrogens (tertiary/aromatic N) is 4. The molecule has 15 heteroatoms. The van der Waals surface area contributed by atoms with Gasteiger partial charge in [-0.1, -0.05) is 6.07 Å². The normalized spacial score (nSPS) is 17.1. The monoisotopic (exact) mass is 528 g/mol. The van der Waals surface area contributed by atoms with Gasteiger partial charge in [-0.3, -0.25) is 4.90 Å². The van der Waals surface area contributed by atoms with Gasteiger partial charge in [0.25, 0.3) is 0 Å². The van der Waals surface area contributed by atoms with Crippen LogP contribution < -0.4 is 4.90 Å². The largest absolute Gasteiger partial charge is 0.490 e. The number of pyridine rings is 1. The van der Waals surface area contributed by atoms with Crippen molar-refractivity contribution in [3.63, 3.8) is 0 Å². The van der Waals surface area contributed by atoms with E-state index < -0.39 is 24.3 Å². The molecular weight excluding hydrogens is 506 g/mol. The number of likely N-dealkylation sites (tertiary alicyclic amines) is 1. The maximum absolute atomic E-state index is 10.6. The Balaban J connectivity index is 0.000000257. The third-order valence-corrected chi connectivity index (χ3v) is 5.90. The highest BCUT2D eigenvalue weighted by Gasteiger charge is 2.48. The number of aromatic nitrogens is 2. The van der Waals surface area contributed by atoms with Crippen LogP contribution in [-0.2, 0) is 16.1 Å². The van der Waals surface area contributed by atoms with Gasteiger partial charge >= 0.3 is 24.3 Å². The summed E-state index contributed by atoms with van der Waals surface area (Å²) in [7, 11) is 0. The number of halogens is 6. The van der Waals surface area contributed by atoms with Gasteiger partial charge in [0, 0.05) is 43.2 Å². The van der Waals surface area contributed by atoms with Gasteiger partial charge in [-0.05, 0) is 32.0 Å². The van der Waals surface area contributed by atoms with Gasteiger partial charge in [-0.2, -0.15) is 26.3 Å². The SMILES string of the molecule is Cc1nc(CN2CCC3(C2)CN(c2ccccn2)C3)cs1.O=C(O)C(F)(F)F.O=C(O)C(F)(F)F. The maximum Gasteiger partial charge on any atom is 0.490 e. The van der Waals surface area contributed by atoms with Crippen molar-refractivity contribution in [1.82, 2.24) is 14.9 Å². The summed E-state index contributed by atoms with van der Waals surface area (Å²) in [5.41, 5.74) is 1.72. The van der Waals surface area contributed by atoms with E-state index in [1.54, 1.807) is 11.3 Å². The van der Waals surface area contributed by atoms with Crippen LogP contribution in [0.2, 0.25) is 0 Å². The molecule has 2 fully saturated rings. The van der Waals surface area contributed by atoms with Crippen molar-refractivity contribution in [3.05, 3.63) is 40.5 Å². The summed E-state index contributed by atoms with van der Waals surface area (Å²) in [5.74, 6) is -4.39. The minimum Gasteiger partial charge on any atom is -0.475 e. The molecule has 0 radical (unpaired) electrons. The molecule has 1 spiro atoms. The first-order valence-corrected chi connectivity index (χ1v) is 10.9. The molecule has 2 N–H and O–H groups in total. The van der Waals surface area contributed by atoms with Crippen LogP contribution in [0.1, 0.15) is 17.1 Å². The maximum atomic E-state index is 10.6. The fourth-order valence-corrected chi connectivity index (χ4v) is 4.20. The summed E-state index contributed by atoms with van der Waals surface area (Å²) >= 11 is 1.75. The third-order valence-electron chi connectivity index (χ3n) is 5.08. The number of alkyl halides is 6. The Morgan fingerprint density at radius 1 is 1.06 bits per heavy atom. The molecule has 0 saturated carbocycles. The molecule has 35 heavy (non-hydrogen) atoms. The van der Waals surface area contributed by atoms with Gasteiger partial charge in [0.2, 0.25) is 0 Å². The first-order chi connectivity index (χ1) is 16.1. The van der Waals surface area contributed by atoms with Crippen LogP contribution in [0.15, 0.2) is 29.8 Å². The fraction of sp³-hybridized carbons (Fsp3) is 0.500. The molecule has 0 unspecified atom stereocenters. The van der Waals surface area contributed by atoms with Gasteiger partial charge in [-0.15, -0.1) is 11.3 Å². The second kappa shape index (κ2) is 11.2. The predicted octanol–water partition coefficient (Wildman–Crippen LogP) is 3.83. The van der Waals surface area contributed by atoms with Crippen LogP contribution in [-0.4, -0.2) is 75.6 Å². The van der Waals surface area contributed by atoms with Crippen molar-refractivity contribution in [2.45, 2.75) is 32.2 Å². The number of carboxylic acids is 2. The number of anilines is 1. The molecule has 194 valence electrons. The average Bonchev–Trinajstić information content (AvgIpc) is 3.33. The Morgan fingerprint density at radius 2 is 1.63 bits per heavy atom. The molecule has 4 rings (SSSR count). The summed E-state index contributed by atoms with van der Waals surface area (Å²) in [6.45, 7) is 7.79. The highest BCUT2D eigenvalue weighted by atomic mass is 32.1. The van der Waals surface area contributed by atoms with E-state index >= 15 is 0 Å². The van der Waals surface area contributed by atoms with Crippen molar-refractivity contribution in [3.8, 4) is 0 Å². The molecule has 0 atom stereocenters. The van der Waals surface area contributed by atoms with Crippen LogP contribution in [0.4, 0.5) is 32.2 Å². The van der Waals surface area contributed by atoms with E-state index in [1.165, 1.54) is 30.2 Å². The van der Waals surface area contributed by atoms with E-state index in [1.807, 2.05) is 12.3 Å². The number of rotatable bonds is 3. The topological polar surface area (TPSA) is 107 Å². The lowest BCUT2D eigenvalue weighted by Gasteiger charge is -2.48. The van der Waals surface area contributed by atoms with Gasteiger partial charge in [-0.25, -0.2) is 19.6 Å². The lowest BCUT2D eigenvalue weighted by atomic mass is 9.79. The van der Waals surface area contributed by atoms with Crippen molar-refractivity contribution in [2.24, 2.45) is 5.41 Å². The Bertz CT molecular complexity index is 969.